The SMILES string of the molecule is O=C(N[C@@H](CO)CC1CCCC1)c1c(F)cccc1Cl. The zero-order valence-corrected chi connectivity index (χ0v) is 12.0. The van der Waals surface area contributed by atoms with E-state index in [1.165, 1.54) is 31.0 Å². The molecule has 1 fully saturated rings. The van der Waals surface area contributed by atoms with E-state index >= 15 is 0 Å². The molecule has 2 N–H and O–H groups in total. The van der Waals surface area contributed by atoms with Gasteiger partial charge < -0.3 is 10.4 Å². The van der Waals surface area contributed by atoms with Gasteiger partial charge in [0.15, 0.2) is 0 Å². The second kappa shape index (κ2) is 7.04. The number of carbonyl (C=O) groups excluding carboxylic acids is 1. The molecular formula is C15H19ClFNO2. The number of hydrogen-bond acceptors (Lipinski definition) is 2. The first-order chi connectivity index (χ1) is 9.61. The van der Waals surface area contributed by atoms with Crippen LogP contribution in [0.1, 0.15) is 42.5 Å². The fourth-order valence-electron chi connectivity index (χ4n) is 2.80. The van der Waals surface area contributed by atoms with Gasteiger partial charge in [0.1, 0.15) is 5.82 Å². The average Bonchev–Trinajstić information content (AvgIpc) is 2.90. The third-order valence-corrected chi connectivity index (χ3v) is 4.15. The topological polar surface area (TPSA) is 49.3 Å². The predicted octanol–water partition coefficient (Wildman–Crippen LogP) is 3.15. The lowest BCUT2D eigenvalue weighted by Crippen LogP contribution is -2.39. The van der Waals surface area contributed by atoms with Gasteiger partial charge in [-0.25, -0.2) is 4.39 Å². The zero-order valence-electron chi connectivity index (χ0n) is 11.2. The Morgan fingerprint density at radius 1 is 1.45 bits per heavy atom. The summed E-state index contributed by atoms with van der Waals surface area (Å²) in [6, 6.07) is 3.79. The summed E-state index contributed by atoms with van der Waals surface area (Å²) in [6.45, 7) is -0.145. The first-order valence-corrected chi connectivity index (χ1v) is 7.35. The van der Waals surface area contributed by atoms with Crippen molar-refractivity contribution < 1.29 is 14.3 Å². The molecule has 0 spiro atoms. The molecule has 1 atom stereocenters. The summed E-state index contributed by atoms with van der Waals surface area (Å²) in [7, 11) is 0. The molecule has 20 heavy (non-hydrogen) atoms. The normalized spacial score (nSPS) is 17.1. The molecule has 1 amide bonds. The highest BCUT2D eigenvalue weighted by atomic mass is 35.5. The van der Waals surface area contributed by atoms with Crippen molar-refractivity contribution in [2.75, 3.05) is 6.61 Å². The molecule has 1 aliphatic rings. The van der Waals surface area contributed by atoms with Gasteiger partial charge in [-0.05, 0) is 24.5 Å². The lowest BCUT2D eigenvalue weighted by Gasteiger charge is -2.20. The Kier molecular flexibility index (Phi) is 5.38. The first kappa shape index (κ1) is 15.3. The molecular weight excluding hydrogens is 281 g/mol. The van der Waals surface area contributed by atoms with Crippen molar-refractivity contribution in [3.05, 3.63) is 34.6 Å². The third kappa shape index (κ3) is 3.70. The summed E-state index contributed by atoms with van der Waals surface area (Å²) in [5, 5.41) is 12.1. The van der Waals surface area contributed by atoms with Crippen LogP contribution in [-0.4, -0.2) is 23.7 Å². The van der Waals surface area contributed by atoms with E-state index < -0.39 is 11.7 Å². The van der Waals surface area contributed by atoms with Crippen LogP contribution in [0.2, 0.25) is 5.02 Å². The molecule has 3 nitrogen and oxygen atoms in total. The number of hydrogen-bond donors (Lipinski definition) is 2. The summed E-state index contributed by atoms with van der Waals surface area (Å²) in [5.74, 6) is -0.679. The lowest BCUT2D eigenvalue weighted by atomic mass is 9.98. The number of aliphatic hydroxyl groups excluding tert-OH is 1. The van der Waals surface area contributed by atoms with Gasteiger partial charge >= 0.3 is 0 Å². The fraction of sp³-hybridized carbons (Fsp3) is 0.533. The first-order valence-electron chi connectivity index (χ1n) is 6.97. The molecule has 1 aromatic carbocycles. The molecule has 5 heteroatoms. The van der Waals surface area contributed by atoms with Crippen LogP contribution in [0, 0.1) is 11.7 Å². The van der Waals surface area contributed by atoms with E-state index in [-0.39, 0.29) is 23.2 Å². The summed E-state index contributed by atoms with van der Waals surface area (Å²) in [4.78, 5) is 12.1. The number of rotatable bonds is 5. The van der Waals surface area contributed by atoms with E-state index in [0.717, 1.165) is 19.3 Å². The fourth-order valence-corrected chi connectivity index (χ4v) is 3.05. The van der Waals surface area contributed by atoms with Crippen molar-refractivity contribution in [2.24, 2.45) is 5.92 Å². The van der Waals surface area contributed by atoms with Crippen LogP contribution < -0.4 is 5.32 Å². The number of benzene rings is 1. The van der Waals surface area contributed by atoms with E-state index in [1.807, 2.05) is 0 Å². The maximum atomic E-state index is 13.7. The van der Waals surface area contributed by atoms with E-state index in [9.17, 15) is 14.3 Å². The molecule has 0 saturated heterocycles. The third-order valence-electron chi connectivity index (χ3n) is 3.84. The minimum atomic E-state index is -0.646. The summed E-state index contributed by atoms with van der Waals surface area (Å²) < 4.78 is 13.7. The van der Waals surface area contributed by atoms with E-state index in [1.54, 1.807) is 0 Å². The van der Waals surface area contributed by atoms with E-state index in [2.05, 4.69) is 5.32 Å². The number of aliphatic hydroxyl groups is 1. The van der Waals surface area contributed by atoms with Crippen LogP contribution in [0.3, 0.4) is 0 Å². The summed E-state index contributed by atoms with van der Waals surface area (Å²) in [5.41, 5.74) is -0.154. The van der Waals surface area contributed by atoms with Crippen LogP contribution in [0.15, 0.2) is 18.2 Å². The van der Waals surface area contributed by atoms with E-state index in [4.69, 9.17) is 11.6 Å². The van der Waals surface area contributed by atoms with Crippen molar-refractivity contribution in [2.45, 2.75) is 38.1 Å². The quantitative estimate of drug-likeness (QED) is 0.877. The van der Waals surface area contributed by atoms with Crippen LogP contribution >= 0.6 is 11.6 Å². The van der Waals surface area contributed by atoms with Crippen LogP contribution in [0.4, 0.5) is 4.39 Å². The molecule has 0 aromatic heterocycles. The maximum absolute atomic E-state index is 13.7. The van der Waals surface area contributed by atoms with Crippen LogP contribution in [0.5, 0.6) is 0 Å². The number of amides is 1. The summed E-state index contributed by atoms with van der Waals surface area (Å²) in [6.07, 6.45) is 5.40. The van der Waals surface area contributed by atoms with Crippen molar-refractivity contribution in [3.8, 4) is 0 Å². The molecule has 0 aliphatic heterocycles. The van der Waals surface area contributed by atoms with Gasteiger partial charge in [0.05, 0.1) is 23.2 Å². The minimum Gasteiger partial charge on any atom is -0.394 e. The Balaban J connectivity index is 2.01. The maximum Gasteiger partial charge on any atom is 0.256 e. The van der Waals surface area contributed by atoms with Gasteiger partial charge in [0.2, 0.25) is 0 Å². The Hall–Kier alpha value is -1.13. The van der Waals surface area contributed by atoms with Crippen LogP contribution in [-0.2, 0) is 0 Å². The molecule has 0 heterocycles. The van der Waals surface area contributed by atoms with Crippen LogP contribution in [0.25, 0.3) is 0 Å². The monoisotopic (exact) mass is 299 g/mol. The minimum absolute atomic E-state index is 0.0834. The Labute approximate surface area is 123 Å². The number of carbonyl (C=O) groups is 1. The zero-order chi connectivity index (χ0) is 14.5. The molecule has 0 radical (unpaired) electrons. The Morgan fingerprint density at radius 2 is 2.15 bits per heavy atom. The molecule has 1 aromatic rings. The summed E-state index contributed by atoms with van der Waals surface area (Å²) >= 11 is 5.86. The van der Waals surface area contributed by atoms with Gasteiger partial charge in [0, 0.05) is 0 Å². The molecule has 1 saturated carbocycles. The van der Waals surface area contributed by atoms with Crippen molar-refractivity contribution in [3.63, 3.8) is 0 Å². The molecule has 2 rings (SSSR count). The van der Waals surface area contributed by atoms with E-state index in [0.29, 0.717) is 5.92 Å². The van der Waals surface area contributed by atoms with Crippen molar-refractivity contribution >= 4 is 17.5 Å². The molecule has 0 bridgehead atoms. The van der Waals surface area contributed by atoms with Gasteiger partial charge in [-0.15, -0.1) is 0 Å². The molecule has 110 valence electrons. The molecule has 0 unspecified atom stereocenters. The number of nitrogens with one attached hydrogen (secondary N) is 1. The van der Waals surface area contributed by atoms with Gasteiger partial charge in [0.25, 0.3) is 5.91 Å². The standard InChI is InChI=1S/C15H19ClFNO2/c16-12-6-3-7-13(17)14(12)15(20)18-11(9-19)8-10-4-1-2-5-10/h3,6-7,10-11,19H,1-2,4-5,8-9H2,(H,18,20)/t11-/m1/s1. The number of halogens is 2. The highest BCUT2D eigenvalue weighted by molar-refractivity contribution is 6.33. The van der Waals surface area contributed by atoms with Gasteiger partial charge in [-0.2, -0.15) is 0 Å². The largest absolute Gasteiger partial charge is 0.394 e. The second-order valence-corrected chi connectivity index (χ2v) is 5.74. The Morgan fingerprint density at radius 3 is 2.75 bits per heavy atom. The van der Waals surface area contributed by atoms with Crippen molar-refractivity contribution in [1.82, 2.24) is 5.32 Å². The average molecular weight is 300 g/mol. The van der Waals surface area contributed by atoms with Gasteiger partial charge in [-0.3, -0.25) is 4.79 Å². The highest BCUT2D eigenvalue weighted by Gasteiger charge is 2.23. The smallest absolute Gasteiger partial charge is 0.256 e. The lowest BCUT2D eigenvalue weighted by molar-refractivity contribution is 0.0902. The van der Waals surface area contributed by atoms with Gasteiger partial charge in [-0.1, -0.05) is 43.4 Å². The second-order valence-electron chi connectivity index (χ2n) is 5.34. The van der Waals surface area contributed by atoms with Crippen molar-refractivity contribution in [1.29, 1.82) is 0 Å². The Bertz CT molecular complexity index is 455. The predicted molar refractivity (Wildman–Crippen MR) is 76.3 cm³/mol. The highest BCUT2D eigenvalue weighted by Crippen LogP contribution is 2.28. The molecule has 1 aliphatic carbocycles.